The average molecular weight is 200 g/mol. The summed E-state index contributed by atoms with van der Waals surface area (Å²) in [5.41, 5.74) is 0.527. The van der Waals surface area contributed by atoms with Gasteiger partial charge in [-0.3, -0.25) is 0 Å². The van der Waals surface area contributed by atoms with Gasteiger partial charge >= 0.3 is 7.12 Å². The lowest BCUT2D eigenvalue weighted by Crippen LogP contribution is -2.32. The highest BCUT2D eigenvalue weighted by molar-refractivity contribution is 6.64. The van der Waals surface area contributed by atoms with Crippen LogP contribution in [0.15, 0.2) is 24.3 Å². The lowest BCUT2D eigenvalue weighted by Gasteiger charge is -2.09. The van der Waals surface area contributed by atoms with Gasteiger partial charge in [0.2, 0.25) is 0 Å². The molecule has 13 heavy (non-hydrogen) atoms. The van der Waals surface area contributed by atoms with Gasteiger partial charge in [-0.1, -0.05) is 18.2 Å². The normalized spacial score (nSPS) is 9.77. The predicted molar refractivity (Wildman–Crippen MR) is 52.2 cm³/mol. The fourth-order valence-electron chi connectivity index (χ4n) is 1.02. The van der Waals surface area contributed by atoms with Crippen molar-refractivity contribution in [2.45, 2.75) is 6.92 Å². The van der Waals surface area contributed by atoms with Crippen molar-refractivity contribution < 1.29 is 14.0 Å². The van der Waals surface area contributed by atoms with Crippen LogP contribution in [0.25, 0.3) is 0 Å². The maximum absolute atomic E-state index is 9.30. The molecule has 0 amide bonds. The van der Waals surface area contributed by atoms with Crippen molar-refractivity contribution in [3.8, 4) is 5.75 Å². The molecule has 0 atom stereocenters. The minimum atomic E-state index is -1.15. The van der Waals surface area contributed by atoms with Gasteiger partial charge in [-0.05, 0) is 13.0 Å². The van der Waals surface area contributed by atoms with E-state index in [0.29, 0.717) is 17.8 Å². The molecule has 0 aliphatic rings. The van der Waals surface area contributed by atoms with E-state index in [1.54, 1.807) is 18.2 Å². The summed E-state index contributed by atoms with van der Waals surface area (Å²) in [5, 5.41) is 9.30. The summed E-state index contributed by atoms with van der Waals surface area (Å²) < 4.78 is 9.53. The highest BCUT2D eigenvalue weighted by Crippen LogP contribution is 2.08. The standard InChI is InChI=1S/C8H10BClO3/c1-2-12-8-6-4-3-5-7(8)9(11)13-10/h3-6,11H,2H2,1H3. The Hall–Kier alpha value is -0.705. The zero-order valence-corrected chi connectivity index (χ0v) is 7.99. The van der Waals surface area contributed by atoms with Crippen molar-refractivity contribution in [1.82, 2.24) is 0 Å². The van der Waals surface area contributed by atoms with E-state index in [0.717, 1.165) is 0 Å². The van der Waals surface area contributed by atoms with Crippen LogP contribution in [0.4, 0.5) is 0 Å². The Bertz CT molecular complexity index is 269. The Morgan fingerprint density at radius 2 is 2.15 bits per heavy atom. The maximum Gasteiger partial charge on any atom is 0.511 e. The molecule has 0 unspecified atom stereocenters. The summed E-state index contributed by atoms with van der Waals surface area (Å²) >= 11 is 5.05. The lowest BCUT2D eigenvalue weighted by atomic mass is 9.79. The van der Waals surface area contributed by atoms with Crippen molar-refractivity contribution in [2.75, 3.05) is 6.61 Å². The number of para-hydroxylation sites is 1. The molecule has 0 aromatic heterocycles. The molecule has 0 bridgehead atoms. The molecule has 0 heterocycles. The third-order valence-corrected chi connectivity index (χ3v) is 1.74. The summed E-state index contributed by atoms with van der Waals surface area (Å²) in [6.45, 7) is 2.40. The van der Waals surface area contributed by atoms with Gasteiger partial charge in [0.15, 0.2) is 0 Å². The fraction of sp³-hybridized carbons (Fsp3) is 0.250. The molecule has 0 aliphatic heterocycles. The van der Waals surface area contributed by atoms with Crippen molar-refractivity contribution in [3.63, 3.8) is 0 Å². The quantitative estimate of drug-likeness (QED) is 0.735. The summed E-state index contributed by atoms with van der Waals surface area (Å²) in [6.07, 6.45) is 0. The highest BCUT2D eigenvalue weighted by Gasteiger charge is 2.20. The van der Waals surface area contributed by atoms with E-state index in [1.165, 1.54) is 0 Å². The molecule has 1 rings (SSSR count). The Labute approximate surface area is 82.6 Å². The molecule has 0 saturated heterocycles. The first-order valence-corrected chi connectivity index (χ1v) is 4.27. The van der Waals surface area contributed by atoms with Crippen LogP contribution in [0, 0.1) is 0 Å². The zero-order valence-electron chi connectivity index (χ0n) is 7.24. The van der Waals surface area contributed by atoms with Crippen LogP contribution in [-0.4, -0.2) is 18.7 Å². The minimum Gasteiger partial charge on any atom is -0.494 e. The first-order chi connectivity index (χ1) is 6.29. The van der Waals surface area contributed by atoms with Gasteiger partial charge in [0.1, 0.15) is 5.75 Å². The molecule has 0 fully saturated rings. The van der Waals surface area contributed by atoms with Gasteiger partial charge < -0.3 is 14.0 Å². The molecule has 0 radical (unpaired) electrons. The topological polar surface area (TPSA) is 38.7 Å². The Morgan fingerprint density at radius 1 is 1.46 bits per heavy atom. The summed E-state index contributed by atoms with van der Waals surface area (Å²) in [7, 11) is -1.15. The summed E-state index contributed by atoms with van der Waals surface area (Å²) in [6, 6.07) is 7.03. The van der Waals surface area contributed by atoms with Gasteiger partial charge in [-0.2, -0.15) is 0 Å². The summed E-state index contributed by atoms with van der Waals surface area (Å²) in [5.74, 6) is 0.582. The number of hydrogen-bond acceptors (Lipinski definition) is 3. The third kappa shape index (κ3) is 2.62. The van der Waals surface area contributed by atoms with Crippen molar-refractivity contribution >= 4 is 24.4 Å². The van der Waals surface area contributed by atoms with E-state index >= 15 is 0 Å². The number of benzene rings is 1. The van der Waals surface area contributed by atoms with Crippen LogP contribution in [0.2, 0.25) is 0 Å². The molecule has 1 aromatic rings. The van der Waals surface area contributed by atoms with Gasteiger partial charge in [0, 0.05) is 17.3 Å². The summed E-state index contributed by atoms with van der Waals surface area (Å²) in [4.78, 5) is 0. The van der Waals surface area contributed by atoms with Gasteiger partial charge in [0.05, 0.1) is 6.61 Å². The monoisotopic (exact) mass is 200 g/mol. The van der Waals surface area contributed by atoms with Crippen LogP contribution in [0.1, 0.15) is 6.92 Å². The first-order valence-electron chi connectivity index (χ1n) is 3.96. The van der Waals surface area contributed by atoms with E-state index < -0.39 is 7.12 Å². The van der Waals surface area contributed by atoms with Crippen LogP contribution >= 0.6 is 11.9 Å². The van der Waals surface area contributed by atoms with Gasteiger partial charge in [-0.15, -0.1) is 0 Å². The smallest absolute Gasteiger partial charge is 0.494 e. The number of ether oxygens (including phenoxy) is 1. The van der Waals surface area contributed by atoms with Crippen LogP contribution in [0.5, 0.6) is 5.75 Å². The average Bonchev–Trinajstić information content (AvgIpc) is 2.18. The molecule has 0 aliphatic carbocycles. The predicted octanol–water partition coefficient (Wildman–Crippen LogP) is 0.943. The molecule has 3 nitrogen and oxygen atoms in total. The van der Waals surface area contributed by atoms with E-state index in [2.05, 4.69) is 4.21 Å². The third-order valence-electron chi connectivity index (χ3n) is 1.57. The van der Waals surface area contributed by atoms with Crippen LogP contribution < -0.4 is 10.2 Å². The number of hydrogen-bond donors (Lipinski definition) is 1. The van der Waals surface area contributed by atoms with Gasteiger partial charge in [0.25, 0.3) is 0 Å². The number of halogens is 1. The van der Waals surface area contributed by atoms with Gasteiger partial charge in [-0.25, -0.2) is 0 Å². The molecular weight excluding hydrogens is 190 g/mol. The van der Waals surface area contributed by atoms with Crippen molar-refractivity contribution in [1.29, 1.82) is 0 Å². The Kier molecular flexibility index (Phi) is 4.08. The highest BCUT2D eigenvalue weighted by atomic mass is 35.5. The SMILES string of the molecule is CCOc1ccccc1B(O)OCl. The van der Waals surface area contributed by atoms with Crippen molar-refractivity contribution in [2.24, 2.45) is 0 Å². The van der Waals surface area contributed by atoms with E-state index in [1.807, 2.05) is 13.0 Å². The minimum absolute atomic E-state index is 0.527. The molecule has 5 heteroatoms. The van der Waals surface area contributed by atoms with Crippen molar-refractivity contribution in [3.05, 3.63) is 24.3 Å². The largest absolute Gasteiger partial charge is 0.511 e. The molecule has 1 N–H and O–H groups in total. The number of rotatable bonds is 4. The Balaban J connectivity index is 2.90. The fourth-order valence-corrected chi connectivity index (χ4v) is 1.12. The molecule has 70 valence electrons. The van der Waals surface area contributed by atoms with E-state index in [-0.39, 0.29) is 0 Å². The second-order valence-corrected chi connectivity index (χ2v) is 2.59. The van der Waals surface area contributed by atoms with E-state index in [4.69, 9.17) is 16.6 Å². The van der Waals surface area contributed by atoms with Crippen LogP contribution in [-0.2, 0) is 4.21 Å². The van der Waals surface area contributed by atoms with E-state index in [9.17, 15) is 5.02 Å². The molecule has 0 spiro atoms. The second-order valence-electron chi connectivity index (χ2n) is 2.41. The first kappa shape index (κ1) is 10.4. The maximum atomic E-state index is 9.30. The van der Waals surface area contributed by atoms with Crippen LogP contribution in [0.3, 0.4) is 0 Å². The molecular formula is C8H10BClO3. The molecule has 1 aromatic carbocycles. The Morgan fingerprint density at radius 3 is 2.77 bits per heavy atom. The molecule has 0 saturated carbocycles. The second kappa shape index (κ2) is 5.12. The lowest BCUT2D eigenvalue weighted by molar-refractivity contribution is 0.341. The zero-order chi connectivity index (χ0) is 9.68.